The summed E-state index contributed by atoms with van der Waals surface area (Å²) in [6, 6.07) is 6.59. The molecular weight excluding hydrogens is 322 g/mol. The highest BCUT2D eigenvalue weighted by Crippen LogP contribution is 2.29. The van der Waals surface area contributed by atoms with Gasteiger partial charge >= 0.3 is 0 Å². The minimum absolute atomic E-state index is 0.122. The first-order valence-corrected chi connectivity index (χ1v) is 7.35. The number of nitrogens with two attached hydrogens (primary N) is 1. The molecule has 0 aliphatic carbocycles. The molecule has 0 atom stereocenters. The van der Waals surface area contributed by atoms with Crippen molar-refractivity contribution in [1.82, 2.24) is 9.97 Å². The van der Waals surface area contributed by atoms with Crippen molar-refractivity contribution in [1.29, 1.82) is 0 Å². The van der Waals surface area contributed by atoms with Gasteiger partial charge < -0.3 is 5.73 Å². The fraction of sp³-hybridized carbons (Fsp3) is 0. The standard InChI is InChI=1S/C15H10F2N4OS/c16-9-2-1-3-10(17)13(9)11-7-23-15(20-11)21-14(22)8-4-5-12(18)19-6-8/h1-7H,(H2,18,19)(H,20,21,22). The average Bonchev–Trinajstić information content (AvgIpc) is 2.96. The lowest BCUT2D eigenvalue weighted by atomic mass is 10.1. The van der Waals surface area contributed by atoms with Crippen molar-refractivity contribution in [3.8, 4) is 11.3 Å². The predicted molar refractivity (Wildman–Crippen MR) is 84.1 cm³/mol. The smallest absolute Gasteiger partial charge is 0.259 e. The van der Waals surface area contributed by atoms with E-state index >= 15 is 0 Å². The number of hydrogen-bond acceptors (Lipinski definition) is 5. The van der Waals surface area contributed by atoms with Gasteiger partial charge in [0.15, 0.2) is 5.13 Å². The molecule has 2 heterocycles. The van der Waals surface area contributed by atoms with Gasteiger partial charge in [-0.2, -0.15) is 0 Å². The fourth-order valence-corrected chi connectivity index (χ4v) is 2.59. The molecule has 0 aliphatic heterocycles. The minimum Gasteiger partial charge on any atom is -0.384 e. The van der Waals surface area contributed by atoms with Crippen LogP contribution in [0.25, 0.3) is 11.3 Å². The van der Waals surface area contributed by atoms with Crippen LogP contribution < -0.4 is 11.1 Å². The van der Waals surface area contributed by atoms with Gasteiger partial charge in [0, 0.05) is 11.6 Å². The topological polar surface area (TPSA) is 80.9 Å². The molecule has 3 aromatic rings. The van der Waals surface area contributed by atoms with E-state index in [4.69, 9.17) is 5.73 Å². The number of nitrogens with one attached hydrogen (secondary N) is 1. The van der Waals surface area contributed by atoms with E-state index in [9.17, 15) is 13.6 Å². The van der Waals surface area contributed by atoms with E-state index in [0.717, 1.165) is 23.5 Å². The van der Waals surface area contributed by atoms with Crippen LogP contribution in [0.3, 0.4) is 0 Å². The van der Waals surface area contributed by atoms with Gasteiger partial charge in [0.25, 0.3) is 5.91 Å². The molecule has 1 amide bonds. The van der Waals surface area contributed by atoms with Gasteiger partial charge in [0.1, 0.15) is 17.5 Å². The molecule has 0 radical (unpaired) electrons. The van der Waals surface area contributed by atoms with Crippen LogP contribution in [0.1, 0.15) is 10.4 Å². The Morgan fingerprint density at radius 2 is 1.91 bits per heavy atom. The third-order valence-electron chi connectivity index (χ3n) is 2.99. The summed E-state index contributed by atoms with van der Waals surface area (Å²) in [6.45, 7) is 0. The predicted octanol–water partition coefficient (Wildman–Crippen LogP) is 3.32. The maximum atomic E-state index is 13.7. The van der Waals surface area contributed by atoms with Gasteiger partial charge in [0.2, 0.25) is 0 Å². The molecule has 1 aromatic carbocycles. The van der Waals surface area contributed by atoms with E-state index in [1.807, 2.05) is 0 Å². The zero-order valence-electron chi connectivity index (χ0n) is 11.6. The number of carbonyl (C=O) groups excluding carboxylic acids is 1. The van der Waals surface area contributed by atoms with Crippen LogP contribution in [0.5, 0.6) is 0 Å². The second-order valence-corrected chi connectivity index (χ2v) is 5.42. The molecule has 0 bridgehead atoms. The maximum Gasteiger partial charge on any atom is 0.259 e. The fourth-order valence-electron chi connectivity index (χ4n) is 1.90. The highest BCUT2D eigenvalue weighted by atomic mass is 32.1. The third-order valence-corrected chi connectivity index (χ3v) is 3.75. The van der Waals surface area contributed by atoms with Gasteiger partial charge in [0.05, 0.1) is 16.8 Å². The van der Waals surface area contributed by atoms with Gasteiger partial charge in [-0.05, 0) is 24.3 Å². The first-order valence-electron chi connectivity index (χ1n) is 6.47. The zero-order chi connectivity index (χ0) is 16.4. The first kappa shape index (κ1) is 15.0. The van der Waals surface area contributed by atoms with Gasteiger partial charge in [-0.1, -0.05) is 6.07 Å². The number of benzene rings is 1. The number of rotatable bonds is 3. The van der Waals surface area contributed by atoms with Crippen LogP contribution in [0.4, 0.5) is 19.7 Å². The van der Waals surface area contributed by atoms with E-state index in [1.54, 1.807) is 0 Å². The molecule has 0 saturated carbocycles. The monoisotopic (exact) mass is 332 g/mol. The SMILES string of the molecule is Nc1ccc(C(=O)Nc2nc(-c3c(F)cccc3F)cs2)cn1. The van der Waals surface area contributed by atoms with Crippen molar-refractivity contribution in [2.24, 2.45) is 0 Å². The highest BCUT2D eigenvalue weighted by molar-refractivity contribution is 7.14. The lowest BCUT2D eigenvalue weighted by molar-refractivity contribution is 0.102. The summed E-state index contributed by atoms with van der Waals surface area (Å²) in [4.78, 5) is 19.9. The summed E-state index contributed by atoms with van der Waals surface area (Å²) in [5, 5.41) is 4.25. The van der Waals surface area contributed by atoms with Crippen LogP contribution in [0, 0.1) is 11.6 Å². The zero-order valence-corrected chi connectivity index (χ0v) is 12.4. The minimum atomic E-state index is -0.712. The van der Waals surface area contributed by atoms with E-state index in [2.05, 4.69) is 15.3 Å². The Balaban J connectivity index is 1.82. The van der Waals surface area contributed by atoms with Crippen LogP contribution in [0.15, 0.2) is 41.9 Å². The van der Waals surface area contributed by atoms with E-state index in [0.29, 0.717) is 11.4 Å². The molecule has 116 valence electrons. The number of anilines is 2. The molecule has 3 rings (SSSR count). The van der Waals surface area contributed by atoms with Crippen LogP contribution in [-0.2, 0) is 0 Å². The first-order chi connectivity index (χ1) is 11.0. The Morgan fingerprint density at radius 3 is 2.57 bits per heavy atom. The van der Waals surface area contributed by atoms with Crippen molar-refractivity contribution in [2.75, 3.05) is 11.1 Å². The van der Waals surface area contributed by atoms with Crippen molar-refractivity contribution < 1.29 is 13.6 Å². The Morgan fingerprint density at radius 1 is 1.17 bits per heavy atom. The number of carbonyl (C=O) groups is 1. The normalized spacial score (nSPS) is 10.5. The molecule has 8 heteroatoms. The molecule has 0 saturated heterocycles. The number of nitrogens with zero attached hydrogens (tertiary/aromatic N) is 2. The summed E-state index contributed by atoms with van der Waals surface area (Å²) in [5.74, 6) is -1.56. The number of thiazole rings is 1. The van der Waals surface area contributed by atoms with Crippen molar-refractivity contribution in [3.63, 3.8) is 0 Å². The van der Waals surface area contributed by atoms with E-state index < -0.39 is 17.5 Å². The molecule has 0 spiro atoms. The molecule has 5 nitrogen and oxygen atoms in total. The number of halogens is 2. The molecule has 3 N–H and O–H groups in total. The average molecular weight is 332 g/mol. The summed E-state index contributed by atoms with van der Waals surface area (Å²) in [7, 11) is 0. The number of aromatic nitrogens is 2. The van der Waals surface area contributed by atoms with Gasteiger partial charge in [-0.3, -0.25) is 10.1 Å². The Bertz CT molecular complexity index is 844. The second kappa shape index (κ2) is 6.09. The van der Waals surface area contributed by atoms with Crippen LogP contribution in [-0.4, -0.2) is 15.9 Å². The third kappa shape index (κ3) is 3.16. The number of pyridine rings is 1. The molecule has 0 aliphatic rings. The van der Waals surface area contributed by atoms with Crippen LogP contribution in [0.2, 0.25) is 0 Å². The van der Waals surface area contributed by atoms with Crippen molar-refractivity contribution in [2.45, 2.75) is 0 Å². The summed E-state index contributed by atoms with van der Waals surface area (Å²) in [5.41, 5.74) is 5.65. The largest absolute Gasteiger partial charge is 0.384 e. The van der Waals surface area contributed by atoms with Crippen LogP contribution >= 0.6 is 11.3 Å². The van der Waals surface area contributed by atoms with Gasteiger partial charge in [-0.25, -0.2) is 18.7 Å². The Kier molecular flexibility index (Phi) is 3.98. The lowest BCUT2D eigenvalue weighted by Gasteiger charge is -2.02. The van der Waals surface area contributed by atoms with E-state index in [1.165, 1.54) is 29.8 Å². The Labute approximate surface area is 133 Å². The molecule has 0 unspecified atom stereocenters. The quantitative estimate of drug-likeness (QED) is 0.771. The molecular formula is C15H10F2N4OS. The number of nitrogen functional groups attached to an aromatic ring is 1. The molecule has 23 heavy (non-hydrogen) atoms. The Hall–Kier alpha value is -2.87. The summed E-state index contributed by atoms with van der Waals surface area (Å²) >= 11 is 1.07. The maximum absolute atomic E-state index is 13.7. The van der Waals surface area contributed by atoms with E-state index in [-0.39, 0.29) is 16.4 Å². The van der Waals surface area contributed by atoms with Gasteiger partial charge in [-0.15, -0.1) is 11.3 Å². The number of amides is 1. The second-order valence-electron chi connectivity index (χ2n) is 4.56. The van der Waals surface area contributed by atoms with Crippen molar-refractivity contribution >= 4 is 28.2 Å². The lowest BCUT2D eigenvalue weighted by Crippen LogP contribution is -2.12. The summed E-state index contributed by atoms with van der Waals surface area (Å²) in [6.07, 6.45) is 1.33. The van der Waals surface area contributed by atoms with Crippen molar-refractivity contribution in [3.05, 3.63) is 59.1 Å². The molecule has 0 fully saturated rings. The number of hydrogen-bond donors (Lipinski definition) is 2. The highest BCUT2D eigenvalue weighted by Gasteiger charge is 2.15. The summed E-state index contributed by atoms with van der Waals surface area (Å²) < 4.78 is 27.5. The molecule has 2 aromatic heterocycles.